The zero-order chi connectivity index (χ0) is 14.9. The van der Waals surface area contributed by atoms with Gasteiger partial charge in [0.15, 0.2) is 0 Å². The van der Waals surface area contributed by atoms with Crippen molar-refractivity contribution in [2.24, 2.45) is 0 Å². The van der Waals surface area contributed by atoms with Gasteiger partial charge in [-0.3, -0.25) is 14.5 Å². The average molecular weight is 297 g/mol. The number of hydrogen-bond acceptors (Lipinski definition) is 4. The van der Waals surface area contributed by atoms with E-state index in [1.165, 1.54) is 6.92 Å². The number of carboxylic acid groups (broad SMARTS) is 1. The Labute approximate surface area is 120 Å². The lowest BCUT2D eigenvalue weighted by molar-refractivity contribution is -0.157. The number of carbonyl (C=O) groups is 3. The summed E-state index contributed by atoms with van der Waals surface area (Å²) in [5.74, 6) is -2.25. The van der Waals surface area contributed by atoms with Crippen LogP contribution in [-0.4, -0.2) is 46.9 Å². The Bertz CT molecular complexity index is 540. The fourth-order valence-corrected chi connectivity index (χ4v) is 2.18. The van der Waals surface area contributed by atoms with Gasteiger partial charge in [0.1, 0.15) is 6.04 Å². The number of halogens is 1. The molecule has 1 aromatic carbocycles. The SMILES string of the molecule is CC(C(=O)O)N1C(=O)CN(c2ccc(Cl)cc2)CC1=O. The van der Waals surface area contributed by atoms with E-state index in [1.807, 2.05) is 0 Å². The van der Waals surface area contributed by atoms with Gasteiger partial charge in [0, 0.05) is 10.7 Å². The van der Waals surface area contributed by atoms with Crippen LogP contribution < -0.4 is 4.90 Å². The summed E-state index contributed by atoms with van der Waals surface area (Å²) in [6.07, 6.45) is 0. The van der Waals surface area contributed by atoms with Gasteiger partial charge in [0.2, 0.25) is 11.8 Å². The highest BCUT2D eigenvalue weighted by Crippen LogP contribution is 2.21. The molecule has 1 aromatic rings. The lowest BCUT2D eigenvalue weighted by atomic mass is 10.2. The number of hydrogen-bond donors (Lipinski definition) is 1. The maximum atomic E-state index is 12.0. The number of amides is 2. The molecular formula is C13H13ClN2O4. The van der Waals surface area contributed by atoms with Crippen LogP contribution in [0, 0.1) is 0 Å². The van der Waals surface area contributed by atoms with Crippen molar-refractivity contribution in [1.29, 1.82) is 0 Å². The highest BCUT2D eigenvalue weighted by atomic mass is 35.5. The summed E-state index contributed by atoms with van der Waals surface area (Å²) in [4.78, 5) is 37.2. The summed E-state index contributed by atoms with van der Waals surface area (Å²) < 4.78 is 0. The molecule has 20 heavy (non-hydrogen) atoms. The first-order valence-electron chi connectivity index (χ1n) is 5.98. The van der Waals surface area contributed by atoms with Crippen molar-refractivity contribution < 1.29 is 19.5 Å². The Kier molecular flexibility index (Phi) is 3.94. The van der Waals surface area contributed by atoms with Crippen LogP contribution in [0.3, 0.4) is 0 Å². The van der Waals surface area contributed by atoms with Crippen molar-refractivity contribution in [2.45, 2.75) is 13.0 Å². The Hall–Kier alpha value is -2.08. The van der Waals surface area contributed by atoms with Crippen LogP contribution in [0.15, 0.2) is 24.3 Å². The molecule has 1 saturated heterocycles. The Morgan fingerprint density at radius 3 is 2.15 bits per heavy atom. The normalized spacial score (nSPS) is 17.3. The number of imide groups is 1. The molecule has 0 aromatic heterocycles. The number of benzene rings is 1. The van der Waals surface area contributed by atoms with Gasteiger partial charge < -0.3 is 10.0 Å². The monoisotopic (exact) mass is 296 g/mol. The Morgan fingerprint density at radius 2 is 1.70 bits per heavy atom. The summed E-state index contributed by atoms with van der Waals surface area (Å²) in [5.41, 5.74) is 0.693. The van der Waals surface area contributed by atoms with Gasteiger partial charge in [-0.2, -0.15) is 0 Å². The second-order valence-corrected chi connectivity index (χ2v) is 4.94. The molecule has 1 heterocycles. The fourth-order valence-electron chi connectivity index (χ4n) is 2.05. The average Bonchev–Trinajstić information content (AvgIpc) is 2.38. The standard InChI is InChI=1S/C13H13ClN2O4/c1-8(13(19)20)16-11(17)6-15(7-12(16)18)10-4-2-9(14)3-5-10/h2-5,8H,6-7H2,1H3,(H,19,20). The maximum Gasteiger partial charge on any atom is 0.326 e. The fraction of sp³-hybridized carbons (Fsp3) is 0.308. The van der Waals surface area contributed by atoms with E-state index in [4.69, 9.17) is 16.7 Å². The number of nitrogens with zero attached hydrogens (tertiary/aromatic N) is 2. The number of carboxylic acids is 1. The van der Waals surface area contributed by atoms with Crippen LogP contribution in [0.2, 0.25) is 5.02 Å². The van der Waals surface area contributed by atoms with Crippen molar-refractivity contribution in [3.8, 4) is 0 Å². The Balaban J connectivity index is 2.17. The molecule has 6 nitrogen and oxygen atoms in total. The lowest BCUT2D eigenvalue weighted by Crippen LogP contribution is -2.58. The predicted molar refractivity (Wildman–Crippen MR) is 72.6 cm³/mol. The first kappa shape index (κ1) is 14.3. The summed E-state index contributed by atoms with van der Waals surface area (Å²) in [7, 11) is 0. The van der Waals surface area contributed by atoms with E-state index in [0.717, 1.165) is 4.90 Å². The van der Waals surface area contributed by atoms with Gasteiger partial charge in [0.25, 0.3) is 0 Å². The topological polar surface area (TPSA) is 77.9 Å². The zero-order valence-corrected chi connectivity index (χ0v) is 11.5. The molecule has 0 radical (unpaired) electrons. The summed E-state index contributed by atoms with van der Waals surface area (Å²) in [5, 5.41) is 9.47. The van der Waals surface area contributed by atoms with E-state index in [9.17, 15) is 14.4 Å². The number of piperazine rings is 1. The molecule has 2 rings (SSSR count). The second kappa shape index (κ2) is 5.50. The summed E-state index contributed by atoms with van der Waals surface area (Å²) in [6, 6.07) is 5.59. The third kappa shape index (κ3) is 2.75. The highest BCUT2D eigenvalue weighted by molar-refractivity contribution is 6.30. The smallest absolute Gasteiger partial charge is 0.326 e. The van der Waals surface area contributed by atoms with Crippen LogP contribution in [0.25, 0.3) is 0 Å². The van der Waals surface area contributed by atoms with Crippen molar-refractivity contribution >= 4 is 35.1 Å². The van der Waals surface area contributed by atoms with Crippen LogP contribution in [0.1, 0.15) is 6.92 Å². The van der Waals surface area contributed by atoms with Crippen LogP contribution in [-0.2, 0) is 14.4 Å². The van der Waals surface area contributed by atoms with E-state index in [2.05, 4.69) is 0 Å². The van der Waals surface area contributed by atoms with E-state index in [0.29, 0.717) is 10.7 Å². The number of aliphatic carboxylic acids is 1. The summed E-state index contributed by atoms with van der Waals surface area (Å²) >= 11 is 5.78. The minimum atomic E-state index is -1.20. The second-order valence-electron chi connectivity index (χ2n) is 4.50. The van der Waals surface area contributed by atoms with Gasteiger partial charge in [0.05, 0.1) is 13.1 Å². The minimum absolute atomic E-state index is 0.0367. The van der Waals surface area contributed by atoms with Crippen molar-refractivity contribution in [1.82, 2.24) is 4.90 Å². The number of rotatable bonds is 3. The van der Waals surface area contributed by atoms with Gasteiger partial charge in [-0.05, 0) is 31.2 Å². The molecule has 1 unspecified atom stereocenters. The van der Waals surface area contributed by atoms with Crippen molar-refractivity contribution in [3.05, 3.63) is 29.3 Å². The van der Waals surface area contributed by atoms with Gasteiger partial charge in [-0.15, -0.1) is 0 Å². The van der Waals surface area contributed by atoms with Crippen LogP contribution in [0.5, 0.6) is 0 Å². The van der Waals surface area contributed by atoms with Gasteiger partial charge in [-0.1, -0.05) is 11.6 Å². The van der Waals surface area contributed by atoms with Crippen LogP contribution >= 0.6 is 11.6 Å². The van der Waals surface area contributed by atoms with E-state index >= 15 is 0 Å². The molecule has 1 N–H and O–H groups in total. The molecule has 0 saturated carbocycles. The number of carbonyl (C=O) groups excluding carboxylic acids is 2. The molecule has 0 aliphatic carbocycles. The number of anilines is 1. The minimum Gasteiger partial charge on any atom is -0.480 e. The highest BCUT2D eigenvalue weighted by Gasteiger charge is 2.37. The Morgan fingerprint density at radius 1 is 1.20 bits per heavy atom. The first-order chi connectivity index (χ1) is 9.40. The van der Waals surface area contributed by atoms with Crippen molar-refractivity contribution in [3.63, 3.8) is 0 Å². The molecule has 1 atom stereocenters. The third-order valence-electron chi connectivity index (χ3n) is 3.13. The first-order valence-corrected chi connectivity index (χ1v) is 6.36. The predicted octanol–water partition coefficient (Wildman–Crippen LogP) is 0.988. The molecule has 0 bridgehead atoms. The molecule has 1 aliphatic heterocycles. The molecule has 0 spiro atoms. The van der Waals surface area contributed by atoms with E-state index < -0.39 is 23.8 Å². The van der Waals surface area contributed by atoms with E-state index in [1.54, 1.807) is 29.2 Å². The molecule has 1 fully saturated rings. The van der Waals surface area contributed by atoms with Gasteiger partial charge >= 0.3 is 5.97 Å². The molecule has 2 amide bonds. The molecule has 1 aliphatic rings. The lowest BCUT2D eigenvalue weighted by Gasteiger charge is -2.35. The molecular weight excluding hydrogens is 284 g/mol. The largest absolute Gasteiger partial charge is 0.480 e. The van der Waals surface area contributed by atoms with Crippen molar-refractivity contribution in [2.75, 3.05) is 18.0 Å². The van der Waals surface area contributed by atoms with Crippen LogP contribution in [0.4, 0.5) is 5.69 Å². The maximum absolute atomic E-state index is 12.0. The summed E-state index contributed by atoms with van der Waals surface area (Å²) in [6.45, 7) is 1.24. The third-order valence-corrected chi connectivity index (χ3v) is 3.38. The van der Waals surface area contributed by atoms with E-state index in [-0.39, 0.29) is 13.1 Å². The molecule has 7 heteroatoms. The molecule has 106 valence electrons. The van der Waals surface area contributed by atoms with Gasteiger partial charge in [-0.25, -0.2) is 4.79 Å². The quantitative estimate of drug-likeness (QED) is 0.842. The zero-order valence-electron chi connectivity index (χ0n) is 10.7.